The van der Waals surface area contributed by atoms with Crippen LogP contribution in [0.3, 0.4) is 0 Å². The van der Waals surface area contributed by atoms with Crippen LogP contribution in [0.15, 0.2) is 133 Å². The second kappa shape index (κ2) is 16.6. The number of hydrogen-bond acceptors (Lipinski definition) is 0. The topological polar surface area (TPSA) is 0 Å². The van der Waals surface area contributed by atoms with Gasteiger partial charge in [0.1, 0.15) is 0 Å². The first kappa shape index (κ1) is 43.1. The molecule has 0 radical (unpaired) electrons. The van der Waals surface area contributed by atoms with Gasteiger partial charge >= 0.3 is 373 Å². The molecular weight excluding hydrogens is 863 g/mol. The molecule has 307 valence electrons. The van der Waals surface area contributed by atoms with Crippen molar-refractivity contribution in [3.05, 3.63) is 189 Å². The zero-order valence-corrected chi connectivity index (χ0v) is 42.3. The summed E-state index contributed by atoms with van der Waals surface area (Å²) in [6.07, 6.45) is 5.05. The van der Waals surface area contributed by atoms with Crippen molar-refractivity contribution in [3.8, 4) is 22.3 Å². The molecule has 0 amide bonds. The summed E-state index contributed by atoms with van der Waals surface area (Å²) in [5.74, 6) is -0.477. The number of benzene rings is 6. The number of allylic oxidation sites excluding steroid dienone is 2. The Labute approximate surface area is 369 Å². The Kier molecular flexibility index (Phi) is 12.0. The van der Waals surface area contributed by atoms with Crippen LogP contribution in [-0.4, -0.2) is 5.92 Å². The normalized spacial score (nSPS) is 17.0. The Hall–Kier alpha value is -3.52. The summed E-state index contributed by atoms with van der Waals surface area (Å²) in [6.45, 7) is 23.5. The minimum absolute atomic E-state index is 0.107. The summed E-state index contributed by atoms with van der Waals surface area (Å²) in [5, 5.41) is 0. The predicted octanol–water partition coefficient (Wildman–Crippen LogP) is 17.4. The first-order chi connectivity index (χ1) is 28.6. The molecule has 2 atom stereocenters. The van der Waals surface area contributed by atoms with E-state index in [1.807, 2.05) is 0 Å². The molecule has 0 fully saturated rings. The molecule has 0 nitrogen and oxygen atoms in total. The standard InChI is InChI=1S/2C27H27.C2H7Si.2ClH.Zr/c2*1-18(2)23-12-8-9-13-25(23)27-24(19(3)4)15-14-21-16-22(17-26(21)27)20-10-6-5-7-11-20;1-3-2;;;/h2*5-19H,1-4H3;3H,1-2H3;2*1H;/q;;;;;+2/p-2. The summed E-state index contributed by atoms with van der Waals surface area (Å²) in [4.78, 5) is 0. The van der Waals surface area contributed by atoms with Gasteiger partial charge in [-0.3, -0.25) is 0 Å². The summed E-state index contributed by atoms with van der Waals surface area (Å²) < 4.78 is -0.214. The molecule has 2 aliphatic carbocycles. The molecule has 0 saturated carbocycles. The molecular formula is C56H61Cl2SiZr. The average Bonchev–Trinajstić information content (AvgIpc) is 3.85. The molecule has 0 saturated heterocycles. The Morgan fingerprint density at radius 1 is 0.417 bits per heavy atom. The van der Waals surface area contributed by atoms with Crippen LogP contribution in [0.25, 0.3) is 45.6 Å². The Balaban J connectivity index is 1.49. The van der Waals surface area contributed by atoms with Gasteiger partial charge in [0.15, 0.2) is 0 Å². The van der Waals surface area contributed by atoms with E-state index in [1.165, 1.54) is 89.0 Å². The predicted molar refractivity (Wildman–Crippen MR) is 265 cm³/mol. The summed E-state index contributed by atoms with van der Waals surface area (Å²) >= 11 is -5.34. The molecule has 0 aliphatic heterocycles. The number of fused-ring (bicyclic) bond motifs is 2. The molecule has 6 aromatic carbocycles. The fourth-order valence-corrected chi connectivity index (χ4v) is 40.8. The number of rotatable bonds is 11. The van der Waals surface area contributed by atoms with E-state index in [1.54, 1.807) is 0 Å². The Bertz CT molecular complexity index is 2450. The Morgan fingerprint density at radius 3 is 1.08 bits per heavy atom. The monoisotopic (exact) mass is 921 g/mol. The molecule has 0 heterocycles. The third-order valence-corrected chi connectivity index (χ3v) is 65.4. The van der Waals surface area contributed by atoms with Crippen molar-refractivity contribution in [2.75, 3.05) is 0 Å². The maximum atomic E-state index is 9.21. The molecule has 4 heteroatoms. The van der Waals surface area contributed by atoms with Crippen LogP contribution in [-0.2, 0) is 15.6 Å². The molecule has 2 aliphatic rings. The number of hydrogen-bond donors (Lipinski definition) is 0. The van der Waals surface area contributed by atoms with Crippen LogP contribution in [0.2, 0.25) is 13.1 Å². The zero-order valence-electron chi connectivity index (χ0n) is 37.2. The quantitative estimate of drug-likeness (QED) is 0.114. The maximum absolute atomic E-state index is 9.21. The van der Waals surface area contributed by atoms with Gasteiger partial charge in [-0.1, -0.05) is 0 Å². The van der Waals surface area contributed by atoms with Crippen LogP contribution >= 0.6 is 17.0 Å². The summed E-state index contributed by atoms with van der Waals surface area (Å²) in [5.41, 5.74) is 21.1. The second-order valence-electron chi connectivity index (χ2n) is 19.0. The fourth-order valence-electron chi connectivity index (χ4n) is 10.7. The molecule has 0 aromatic heterocycles. The molecule has 8 rings (SSSR count). The number of halogens is 2. The van der Waals surface area contributed by atoms with E-state index >= 15 is 0 Å². The van der Waals surface area contributed by atoms with Crippen molar-refractivity contribution in [1.82, 2.24) is 0 Å². The molecule has 2 unspecified atom stereocenters. The third kappa shape index (κ3) is 7.07. The van der Waals surface area contributed by atoms with Crippen molar-refractivity contribution in [2.24, 2.45) is 0 Å². The van der Waals surface area contributed by atoms with Gasteiger partial charge in [0.2, 0.25) is 0 Å². The van der Waals surface area contributed by atoms with Crippen molar-refractivity contribution in [2.45, 2.75) is 99.4 Å². The summed E-state index contributed by atoms with van der Waals surface area (Å²) in [6, 6.07) is 49.9. The second-order valence-corrected chi connectivity index (χ2v) is 61.5. The van der Waals surface area contributed by atoms with Gasteiger partial charge in [-0.15, -0.1) is 0 Å². The minimum atomic E-state index is -5.34. The third-order valence-electron chi connectivity index (χ3n) is 13.8. The first-order valence-corrected chi connectivity index (χ1v) is 38.6. The molecule has 0 N–H and O–H groups in total. The van der Waals surface area contributed by atoms with Crippen LogP contribution < -0.4 is 0 Å². The SMILES string of the molecule is CC(C)c1ccccc1-c1c(C(C)C)ccc2c1C=C(c1ccccc1)[CH]2[Zr]([Cl])([Cl])([CH]1C(c2ccccc2)=Cc2c1ccc(C(C)C)c2-c1ccccc1C(C)C)[SiH](C)C. The van der Waals surface area contributed by atoms with Gasteiger partial charge < -0.3 is 0 Å². The van der Waals surface area contributed by atoms with Crippen molar-refractivity contribution in [1.29, 1.82) is 0 Å². The zero-order chi connectivity index (χ0) is 42.7. The fraction of sp³-hybridized carbons (Fsp3) is 0.286. The van der Waals surface area contributed by atoms with E-state index in [-0.39, 0.29) is 7.25 Å². The van der Waals surface area contributed by atoms with Crippen molar-refractivity contribution >= 4 is 46.2 Å². The van der Waals surface area contributed by atoms with Crippen LogP contribution in [0.1, 0.15) is 142 Å². The van der Waals surface area contributed by atoms with Gasteiger partial charge in [-0.05, 0) is 0 Å². The van der Waals surface area contributed by atoms with Gasteiger partial charge in [0.05, 0.1) is 0 Å². The molecule has 0 spiro atoms. The Morgan fingerprint density at radius 2 is 0.750 bits per heavy atom. The first-order valence-electron chi connectivity index (χ1n) is 22.3. The van der Waals surface area contributed by atoms with Gasteiger partial charge in [-0.25, -0.2) is 0 Å². The van der Waals surface area contributed by atoms with Crippen LogP contribution in [0.5, 0.6) is 0 Å². The van der Waals surface area contributed by atoms with E-state index in [0.29, 0.717) is 23.7 Å². The van der Waals surface area contributed by atoms with Gasteiger partial charge in [0.25, 0.3) is 0 Å². The van der Waals surface area contributed by atoms with E-state index in [9.17, 15) is 17.0 Å². The summed E-state index contributed by atoms with van der Waals surface area (Å²) in [7, 11) is 18.4. The van der Waals surface area contributed by atoms with Gasteiger partial charge in [0, 0.05) is 0 Å². The van der Waals surface area contributed by atoms with Gasteiger partial charge in [-0.2, -0.15) is 0 Å². The van der Waals surface area contributed by atoms with Crippen LogP contribution in [0, 0.1) is 0 Å². The van der Waals surface area contributed by atoms with E-state index < -0.39 is 21.5 Å². The molecule has 60 heavy (non-hydrogen) atoms. The van der Waals surface area contributed by atoms with E-state index in [2.05, 4.69) is 214 Å². The average molecular weight is 924 g/mol. The molecule has 0 bridgehead atoms. The van der Waals surface area contributed by atoms with E-state index in [4.69, 9.17) is 0 Å². The van der Waals surface area contributed by atoms with Crippen molar-refractivity contribution < 1.29 is 15.6 Å². The molecule has 6 aromatic rings. The van der Waals surface area contributed by atoms with Crippen LogP contribution in [0.4, 0.5) is 0 Å². The van der Waals surface area contributed by atoms with Crippen molar-refractivity contribution in [3.63, 3.8) is 0 Å². The van der Waals surface area contributed by atoms with E-state index in [0.717, 1.165) is 0 Å².